The average Bonchev–Trinajstić information content (AvgIpc) is 2.34. The van der Waals surface area contributed by atoms with E-state index in [4.69, 9.17) is 13.6 Å². The lowest BCUT2D eigenvalue weighted by atomic mass is 10.3. The lowest BCUT2D eigenvalue weighted by molar-refractivity contribution is -0.143. The largest absolute Gasteiger partial charge is 0.460 e. The highest BCUT2D eigenvalue weighted by Crippen LogP contribution is 2.25. The Labute approximate surface area is 154 Å². The van der Waals surface area contributed by atoms with Crippen LogP contribution in [0.1, 0.15) is 27.7 Å². The Morgan fingerprint density at radius 3 is 1.32 bits per heavy atom. The third kappa shape index (κ3) is 10.4. The van der Waals surface area contributed by atoms with Gasteiger partial charge in [-0.1, -0.05) is 13.2 Å². The number of rotatable bonds is 10. The summed E-state index contributed by atoms with van der Waals surface area (Å²) in [5, 5.41) is 0. The van der Waals surface area contributed by atoms with Crippen molar-refractivity contribution in [3.05, 3.63) is 24.3 Å². The summed E-state index contributed by atoms with van der Waals surface area (Å²) in [6.07, 6.45) is -0.427. The molecule has 0 radical (unpaired) electrons. The van der Waals surface area contributed by atoms with Crippen molar-refractivity contribution < 1.29 is 23.2 Å². The second-order valence-corrected chi connectivity index (χ2v) is 16.7. The van der Waals surface area contributed by atoms with Gasteiger partial charge in [0.15, 0.2) is 16.6 Å². The van der Waals surface area contributed by atoms with E-state index in [0.29, 0.717) is 23.2 Å². The molecule has 0 rings (SSSR count). The molecule has 0 saturated heterocycles. The number of hydrogen-bond acceptors (Lipinski definition) is 5. The monoisotopic (exact) mass is 386 g/mol. The molecular formula is C18H34O5Si2. The highest BCUT2D eigenvalue weighted by molar-refractivity contribution is 6.85. The van der Waals surface area contributed by atoms with Crippen molar-refractivity contribution in [2.45, 2.75) is 78.2 Å². The first-order chi connectivity index (χ1) is 11.1. The summed E-state index contributed by atoms with van der Waals surface area (Å²) in [4.78, 5) is 23.3. The predicted octanol–water partition coefficient (Wildman–Crippen LogP) is 4.43. The molecule has 0 saturated carbocycles. The number of ether oxygens (including phenoxy) is 2. The van der Waals surface area contributed by atoms with E-state index in [1.807, 2.05) is 13.8 Å². The Morgan fingerprint density at radius 1 is 0.800 bits per heavy atom. The molecule has 0 aromatic carbocycles. The summed E-state index contributed by atoms with van der Waals surface area (Å²) in [7, 11) is -4.07. The summed E-state index contributed by atoms with van der Waals surface area (Å²) in [6, 6.07) is 1.42. The molecule has 0 aromatic heterocycles. The summed E-state index contributed by atoms with van der Waals surface area (Å²) in [5.74, 6) is -0.733. The van der Waals surface area contributed by atoms with Gasteiger partial charge in [0.1, 0.15) is 0 Å². The van der Waals surface area contributed by atoms with Crippen molar-refractivity contribution in [3.8, 4) is 0 Å². The van der Waals surface area contributed by atoms with Crippen LogP contribution in [0.25, 0.3) is 0 Å². The van der Waals surface area contributed by atoms with Crippen LogP contribution in [0.3, 0.4) is 0 Å². The van der Waals surface area contributed by atoms with Gasteiger partial charge in [-0.05, 0) is 53.9 Å². The fraction of sp³-hybridized carbons (Fsp3) is 0.667. The quantitative estimate of drug-likeness (QED) is 0.316. The molecule has 0 aliphatic heterocycles. The third-order valence-electron chi connectivity index (χ3n) is 3.42. The maximum atomic E-state index is 11.6. The fourth-order valence-corrected chi connectivity index (χ4v) is 12.5. The Kier molecular flexibility index (Phi) is 9.04. The summed E-state index contributed by atoms with van der Waals surface area (Å²) < 4.78 is 17.3. The lowest BCUT2D eigenvalue weighted by Gasteiger charge is -2.36. The van der Waals surface area contributed by atoms with Gasteiger partial charge in [0.2, 0.25) is 0 Å². The van der Waals surface area contributed by atoms with Gasteiger partial charge in [0.05, 0.1) is 12.2 Å². The van der Waals surface area contributed by atoms with Crippen molar-refractivity contribution >= 4 is 28.6 Å². The Balaban J connectivity index is 4.67. The molecule has 0 fully saturated rings. The van der Waals surface area contributed by atoms with E-state index in [1.54, 1.807) is 13.8 Å². The molecule has 0 aromatic rings. The molecule has 2 atom stereocenters. The van der Waals surface area contributed by atoms with Crippen molar-refractivity contribution in [1.29, 1.82) is 0 Å². The smallest absolute Gasteiger partial charge is 0.333 e. The highest BCUT2D eigenvalue weighted by Gasteiger charge is 2.36. The zero-order chi connectivity index (χ0) is 20.0. The van der Waals surface area contributed by atoms with Gasteiger partial charge in [-0.15, -0.1) is 0 Å². The van der Waals surface area contributed by atoms with Gasteiger partial charge >= 0.3 is 11.9 Å². The van der Waals surface area contributed by atoms with Crippen molar-refractivity contribution in [2.75, 3.05) is 0 Å². The summed E-state index contributed by atoms with van der Waals surface area (Å²) in [6.45, 7) is 22.7. The Morgan fingerprint density at radius 2 is 1.08 bits per heavy atom. The van der Waals surface area contributed by atoms with Gasteiger partial charge in [0.25, 0.3) is 0 Å². The van der Waals surface area contributed by atoms with Crippen molar-refractivity contribution in [3.63, 3.8) is 0 Å². The van der Waals surface area contributed by atoms with Crippen molar-refractivity contribution in [2.24, 2.45) is 0 Å². The highest BCUT2D eigenvalue weighted by atomic mass is 28.4. The molecule has 25 heavy (non-hydrogen) atoms. The van der Waals surface area contributed by atoms with Crippen LogP contribution in [0.4, 0.5) is 0 Å². The second-order valence-electron chi connectivity index (χ2n) is 8.02. The van der Waals surface area contributed by atoms with Crippen molar-refractivity contribution in [1.82, 2.24) is 0 Å². The van der Waals surface area contributed by atoms with Gasteiger partial charge in [-0.3, -0.25) is 0 Å². The first-order valence-corrected chi connectivity index (χ1v) is 14.8. The first-order valence-electron chi connectivity index (χ1n) is 8.58. The molecule has 0 aliphatic carbocycles. The minimum absolute atomic E-state index is 0.214. The number of hydrogen-bond donors (Lipinski definition) is 0. The Hall–Kier alpha value is -1.19. The molecule has 0 aliphatic rings. The van der Waals surface area contributed by atoms with E-state index in [0.717, 1.165) is 0 Å². The van der Waals surface area contributed by atoms with Crippen LogP contribution in [0.5, 0.6) is 0 Å². The second kappa shape index (κ2) is 9.49. The van der Waals surface area contributed by atoms with Gasteiger partial charge in [-0.2, -0.15) is 0 Å². The standard InChI is InChI=1S/C18H34O5Si2/c1-13(2)17(19)21-15(5)11-24(7,8)23-25(9,10)12-16(6)22-18(20)14(3)4/h15-16H,1,3,11-12H2,2,4-10H3. The number of carbonyl (C=O) groups is 2. The van der Waals surface area contributed by atoms with Gasteiger partial charge < -0.3 is 13.6 Å². The van der Waals surface area contributed by atoms with Crippen LogP contribution in [0, 0.1) is 0 Å². The van der Waals surface area contributed by atoms with E-state index < -0.39 is 16.6 Å². The van der Waals surface area contributed by atoms with E-state index >= 15 is 0 Å². The summed E-state index contributed by atoms with van der Waals surface area (Å²) >= 11 is 0. The molecule has 7 heteroatoms. The summed E-state index contributed by atoms with van der Waals surface area (Å²) in [5.41, 5.74) is 0.796. The maximum absolute atomic E-state index is 11.6. The molecule has 144 valence electrons. The van der Waals surface area contributed by atoms with E-state index in [2.05, 4.69) is 39.3 Å². The van der Waals surface area contributed by atoms with Crippen LogP contribution in [-0.2, 0) is 23.2 Å². The first kappa shape index (κ1) is 23.8. The topological polar surface area (TPSA) is 61.8 Å². The van der Waals surface area contributed by atoms with Gasteiger partial charge in [-0.25, -0.2) is 9.59 Å². The fourth-order valence-electron chi connectivity index (χ4n) is 2.87. The zero-order valence-electron chi connectivity index (χ0n) is 17.0. The molecule has 0 heterocycles. The van der Waals surface area contributed by atoms with Crippen LogP contribution in [0.15, 0.2) is 24.3 Å². The van der Waals surface area contributed by atoms with Crippen LogP contribution < -0.4 is 0 Å². The van der Waals surface area contributed by atoms with E-state index in [9.17, 15) is 9.59 Å². The van der Waals surface area contributed by atoms with Crippen LogP contribution >= 0.6 is 0 Å². The molecule has 0 N–H and O–H groups in total. The third-order valence-corrected chi connectivity index (χ3v) is 11.0. The molecule has 2 unspecified atom stereocenters. The minimum atomic E-state index is -2.04. The van der Waals surface area contributed by atoms with E-state index in [-0.39, 0.29) is 24.1 Å². The van der Waals surface area contributed by atoms with Crippen LogP contribution in [-0.4, -0.2) is 40.8 Å². The van der Waals surface area contributed by atoms with Gasteiger partial charge in [0, 0.05) is 23.2 Å². The molecular weight excluding hydrogens is 352 g/mol. The number of esters is 2. The lowest BCUT2D eigenvalue weighted by Crippen LogP contribution is -2.47. The maximum Gasteiger partial charge on any atom is 0.333 e. The molecule has 0 amide bonds. The molecule has 0 spiro atoms. The average molecular weight is 387 g/mol. The molecule has 0 bridgehead atoms. The Bertz CT molecular complexity index is 480. The number of carbonyl (C=O) groups excluding carboxylic acids is 2. The predicted molar refractivity (Wildman–Crippen MR) is 106 cm³/mol. The van der Waals surface area contributed by atoms with Crippen LogP contribution in [0.2, 0.25) is 38.3 Å². The molecule has 5 nitrogen and oxygen atoms in total. The van der Waals surface area contributed by atoms with E-state index in [1.165, 1.54) is 0 Å². The minimum Gasteiger partial charge on any atom is -0.460 e. The zero-order valence-corrected chi connectivity index (χ0v) is 19.0. The normalized spacial score (nSPS) is 14.4. The SMILES string of the molecule is C=C(C)C(=O)OC(C)C[Si](C)(C)O[Si](C)(C)CC(C)OC(=O)C(=C)C.